The van der Waals surface area contributed by atoms with Gasteiger partial charge in [-0.1, -0.05) is 36.4 Å². The van der Waals surface area contributed by atoms with Crippen molar-refractivity contribution in [3.05, 3.63) is 42.5 Å². The molecule has 2 aromatic carbocycles. The van der Waals surface area contributed by atoms with Gasteiger partial charge in [-0.05, 0) is 49.0 Å². The van der Waals surface area contributed by atoms with E-state index in [0.29, 0.717) is 15.9 Å². The lowest BCUT2D eigenvalue weighted by atomic mass is 9.79. The van der Waals surface area contributed by atoms with Gasteiger partial charge in [-0.25, -0.2) is 0 Å². The summed E-state index contributed by atoms with van der Waals surface area (Å²) in [6.45, 7) is 0.0997. The second kappa shape index (κ2) is 8.12. The minimum Gasteiger partial charge on any atom is -0.336 e. The number of nitrogens with zero attached hydrogens (tertiary/aromatic N) is 1. The van der Waals surface area contributed by atoms with Crippen LogP contribution in [0.15, 0.2) is 42.5 Å². The highest BCUT2D eigenvalue weighted by molar-refractivity contribution is 8.21. The van der Waals surface area contributed by atoms with Crippen molar-refractivity contribution in [2.75, 3.05) is 30.4 Å². The first-order valence-corrected chi connectivity index (χ1v) is 12.8. The first-order chi connectivity index (χ1) is 14.6. The van der Waals surface area contributed by atoms with Crippen molar-refractivity contribution in [3.63, 3.8) is 0 Å². The molecule has 1 N–H and O–H groups in total. The monoisotopic (exact) mass is 440 g/mol. The number of anilines is 1. The van der Waals surface area contributed by atoms with Crippen LogP contribution in [0.5, 0.6) is 0 Å². The molecule has 6 heteroatoms. The van der Waals surface area contributed by atoms with Crippen LogP contribution in [-0.4, -0.2) is 45.9 Å². The Labute approximate surface area is 186 Å². The third kappa shape index (κ3) is 3.52. The van der Waals surface area contributed by atoms with Crippen molar-refractivity contribution in [1.82, 2.24) is 4.90 Å². The van der Waals surface area contributed by atoms with Crippen LogP contribution in [0, 0.1) is 17.8 Å². The molecule has 3 aliphatic rings. The summed E-state index contributed by atoms with van der Waals surface area (Å²) in [5.41, 5.74) is 0.798. The summed E-state index contributed by atoms with van der Waals surface area (Å²) in [4.78, 5) is 27.5. The van der Waals surface area contributed by atoms with E-state index in [1.807, 2.05) is 42.5 Å². The molecule has 158 valence electrons. The van der Waals surface area contributed by atoms with Crippen LogP contribution in [0.1, 0.15) is 25.7 Å². The van der Waals surface area contributed by atoms with Crippen LogP contribution >= 0.6 is 23.5 Å². The smallest absolute Gasteiger partial charge is 0.244 e. The predicted octanol–water partition coefficient (Wildman–Crippen LogP) is 4.85. The van der Waals surface area contributed by atoms with E-state index in [1.54, 1.807) is 11.9 Å². The number of rotatable bonds is 4. The molecular weight excluding hydrogens is 412 g/mol. The van der Waals surface area contributed by atoms with E-state index >= 15 is 0 Å². The first kappa shape index (κ1) is 20.3. The van der Waals surface area contributed by atoms with E-state index in [0.717, 1.165) is 29.3 Å². The molecule has 1 heterocycles. The Bertz CT molecular complexity index is 951. The molecule has 30 heavy (non-hydrogen) atoms. The molecule has 2 unspecified atom stereocenters. The van der Waals surface area contributed by atoms with Crippen molar-refractivity contribution < 1.29 is 9.59 Å². The lowest BCUT2D eigenvalue weighted by molar-refractivity contribution is -0.138. The second-order valence-corrected chi connectivity index (χ2v) is 11.8. The molecule has 2 bridgehead atoms. The number of benzene rings is 2. The molecular formula is C24H28N2O2S2. The van der Waals surface area contributed by atoms with Gasteiger partial charge in [-0.3, -0.25) is 9.59 Å². The van der Waals surface area contributed by atoms with E-state index in [-0.39, 0.29) is 24.3 Å². The van der Waals surface area contributed by atoms with E-state index in [4.69, 9.17) is 0 Å². The van der Waals surface area contributed by atoms with Crippen LogP contribution in [0.25, 0.3) is 10.8 Å². The third-order valence-corrected chi connectivity index (χ3v) is 11.1. The first-order valence-electron chi connectivity index (χ1n) is 10.9. The molecule has 3 fully saturated rings. The summed E-state index contributed by atoms with van der Waals surface area (Å²) >= 11 is 4.31. The molecule has 2 amide bonds. The molecule has 0 aromatic heterocycles. The zero-order valence-corrected chi connectivity index (χ0v) is 18.9. The van der Waals surface area contributed by atoms with Gasteiger partial charge in [-0.15, -0.1) is 23.5 Å². The minimum absolute atomic E-state index is 0.0743. The number of hydrogen-bond acceptors (Lipinski definition) is 4. The molecule has 5 rings (SSSR count). The van der Waals surface area contributed by atoms with E-state index in [1.165, 1.54) is 24.3 Å². The number of thioether (sulfide) groups is 2. The van der Waals surface area contributed by atoms with Crippen molar-refractivity contribution >= 4 is 51.8 Å². The van der Waals surface area contributed by atoms with Crippen LogP contribution in [0.4, 0.5) is 5.69 Å². The van der Waals surface area contributed by atoms with Gasteiger partial charge in [0, 0.05) is 35.5 Å². The number of carbonyl (C=O) groups is 2. The Morgan fingerprint density at radius 2 is 1.70 bits per heavy atom. The highest BCUT2D eigenvalue weighted by Gasteiger charge is 2.57. The molecule has 0 radical (unpaired) electrons. The van der Waals surface area contributed by atoms with Gasteiger partial charge < -0.3 is 10.2 Å². The predicted molar refractivity (Wildman–Crippen MR) is 127 cm³/mol. The van der Waals surface area contributed by atoms with Gasteiger partial charge in [0.05, 0.1) is 10.6 Å². The van der Waals surface area contributed by atoms with Gasteiger partial charge in [0.15, 0.2) is 0 Å². The molecule has 1 spiro atoms. The largest absolute Gasteiger partial charge is 0.336 e. The van der Waals surface area contributed by atoms with Gasteiger partial charge >= 0.3 is 0 Å². The van der Waals surface area contributed by atoms with Crippen molar-refractivity contribution in [1.29, 1.82) is 0 Å². The summed E-state index contributed by atoms with van der Waals surface area (Å²) < 4.78 is 0.390. The number of hydrogen-bond donors (Lipinski definition) is 1. The van der Waals surface area contributed by atoms with Gasteiger partial charge in [0.25, 0.3) is 0 Å². The fourth-order valence-corrected chi connectivity index (χ4v) is 9.67. The van der Waals surface area contributed by atoms with Crippen LogP contribution in [0.2, 0.25) is 0 Å². The fraction of sp³-hybridized carbons (Fsp3) is 0.500. The summed E-state index contributed by atoms with van der Waals surface area (Å²) in [5.74, 6) is 3.89. The third-order valence-electron chi connectivity index (χ3n) is 7.05. The van der Waals surface area contributed by atoms with Gasteiger partial charge in [-0.2, -0.15) is 0 Å². The van der Waals surface area contributed by atoms with Crippen molar-refractivity contribution in [3.8, 4) is 0 Å². The lowest BCUT2D eigenvalue weighted by Crippen LogP contribution is -2.45. The maximum atomic E-state index is 13.2. The fourth-order valence-electron chi connectivity index (χ4n) is 5.73. The van der Waals surface area contributed by atoms with Crippen LogP contribution < -0.4 is 5.32 Å². The zero-order chi connectivity index (χ0) is 20.7. The maximum absolute atomic E-state index is 13.2. The molecule has 2 aliphatic carbocycles. The van der Waals surface area contributed by atoms with E-state index in [2.05, 4.69) is 28.8 Å². The number of fused-ring (bicyclic) bond motifs is 1. The van der Waals surface area contributed by atoms with Crippen molar-refractivity contribution in [2.45, 2.75) is 29.8 Å². The quantitative estimate of drug-likeness (QED) is 0.738. The summed E-state index contributed by atoms with van der Waals surface area (Å²) in [6, 6.07) is 13.9. The Balaban J connectivity index is 1.22. The Morgan fingerprint density at radius 3 is 2.43 bits per heavy atom. The molecule has 2 atom stereocenters. The number of likely N-dealkylation sites (N-methyl/N-ethyl adjacent to an activating group) is 1. The molecule has 2 aromatic rings. The highest BCUT2D eigenvalue weighted by Crippen LogP contribution is 2.65. The Morgan fingerprint density at radius 1 is 1.03 bits per heavy atom. The topological polar surface area (TPSA) is 49.4 Å². The number of amides is 2. The van der Waals surface area contributed by atoms with Gasteiger partial charge in [0.2, 0.25) is 11.8 Å². The van der Waals surface area contributed by atoms with Crippen LogP contribution in [-0.2, 0) is 9.59 Å². The van der Waals surface area contributed by atoms with Gasteiger partial charge in [0.1, 0.15) is 0 Å². The minimum atomic E-state index is -0.139. The average Bonchev–Trinajstić information content (AvgIpc) is 3.28. The molecule has 2 saturated carbocycles. The summed E-state index contributed by atoms with van der Waals surface area (Å²) in [5, 5.41) is 5.11. The molecule has 4 nitrogen and oxygen atoms in total. The number of nitrogens with one attached hydrogen (secondary N) is 1. The highest BCUT2D eigenvalue weighted by atomic mass is 32.2. The standard InChI is InChI=1S/C24H28N2O2S2/c1-26(15-22(27)25-21-8-4-6-16-5-2-3-7-20(16)21)23(28)17-13-18-9-10-19(14-17)24(18)29-11-12-30-24/h2-8,17-19H,9-15H2,1H3,(H,25,27). The van der Waals surface area contributed by atoms with Crippen molar-refractivity contribution in [2.24, 2.45) is 17.8 Å². The SMILES string of the molecule is CN(CC(=O)Nc1cccc2ccccc12)C(=O)C1CC2CCC(C1)C21SCCS1. The molecule has 1 saturated heterocycles. The zero-order valence-electron chi connectivity index (χ0n) is 17.3. The molecule has 1 aliphatic heterocycles. The Kier molecular flexibility index (Phi) is 5.48. The second-order valence-electron chi connectivity index (χ2n) is 8.83. The lowest BCUT2D eigenvalue weighted by Gasteiger charge is -2.43. The maximum Gasteiger partial charge on any atom is 0.244 e. The normalized spacial score (nSPS) is 26.8. The Hall–Kier alpha value is -1.66. The summed E-state index contributed by atoms with van der Waals surface area (Å²) in [6.07, 6.45) is 4.51. The van der Waals surface area contributed by atoms with E-state index in [9.17, 15) is 9.59 Å². The summed E-state index contributed by atoms with van der Waals surface area (Å²) in [7, 11) is 1.77. The van der Waals surface area contributed by atoms with E-state index < -0.39 is 0 Å². The number of carbonyl (C=O) groups excluding carboxylic acids is 2. The average molecular weight is 441 g/mol. The van der Waals surface area contributed by atoms with Crippen LogP contribution in [0.3, 0.4) is 0 Å².